The second kappa shape index (κ2) is 4.05. The molecule has 0 saturated heterocycles. The minimum Gasteiger partial charge on any atom is -0.383 e. The number of nitrogens with one attached hydrogen (secondary N) is 1. The maximum atomic E-state index is 12.1. The van der Waals surface area contributed by atoms with Crippen molar-refractivity contribution in [2.45, 2.75) is 19.8 Å². The van der Waals surface area contributed by atoms with E-state index in [9.17, 15) is 4.79 Å². The molecule has 2 heterocycles. The Bertz CT molecular complexity index is 836. The van der Waals surface area contributed by atoms with Crippen molar-refractivity contribution < 1.29 is 0 Å². The molecule has 5 heteroatoms. The van der Waals surface area contributed by atoms with Gasteiger partial charge in [0.15, 0.2) is 0 Å². The zero-order valence-corrected chi connectivity index (χ0v) is 10.8. The van der Waals surface area contributed by atoms with E-state index in [0.29, 0.717) is 17.0 Å². The van der Waals surface area contributed by atoms with Crippen LogP contribution in [0.5, 0.6) is 0 Å². The fourth-order valence-corrected chi connectivity index (χ4v) is 2.13. The lowest BCUT2D eigenvalue weighted by Crippen LogP contribution is -2.12. The quantitative estimate of drug-likeness (QED) is 0.652. The minimum absolute atomic E-state index is 0.176. The lowest BCUT2D eigenvalue weighted by molar-refractivity contribution is 0.777. The van der Waals surface area contributed by atoms with Gasteiger partial charge < -0.3 is 10.7 Å². The van der Waals surface area contributed by atoms with Gasteiger partial charge in [-0.3, -0.25) is 4.79 Å². The van der Waals surface area contributed by atoms with Crippen molar-refractivity contribution >= 4 is 27.5 Å². The molecular formula is C14H14N4O. The standard InChI is InChI=1S/C14H14N4O/c1-7(2)13-17-11-5-8-3-4-16-12(15)9(8)6-10(11)14(19)18-13/h3-7H,1-2H3,(H2,15,16)(H,17,18,19). The molecule has 0 aliphatic rings. The summed E-state index contributed by atoms with van der Waals surface area (Å²) in [5.41, 5.74) is 6.38. The van der Waals surface area contributed by atoms with E-state index in [1.165, 1.54) is 0 Å². The van der Waals surface area contributed by atoms with Gasteiger partial charge in [0.1, 0.15) is 11.6 Å². The Labute approximate surface area is 109 Å². The van der Waals surface area contributed by atoms with Crippen molar-refractivity contribution in [3.63, 3.8) is 0 Å². The monoisotopic (exact) mass is 254 g/mol. The normalized spacial score (nSPS) is 11.5. The molecule has 0 amide bonds. The lowest BCUT2D eigenvalue weighted by Gasteiger charge is -2.07. The first-order valence-electron chi connectivity index (χ1n) is 6.14. The summed E-state index contributed by atoms with van der Waals surface area (Å²) in [6, 6.07) is 5.54. The fraction of sp³-hybridized carbons (Fsp3) is 0.214. The smallest absolute Gasteiger partial charge is 0.280 e. The second-order valence-electron chi connectivity index (χ2n) is 4.90. The number of nitrogen functional groups attached to an aromatic ring is 1. The summed E-state index contributed by atoms with van der Waals surface area (Å²) in [7, 11) is 0. The van der Waals surface area contributed by atoms with Crippen LogP contribution in [0, 0.1) is 0 Å². The van der Waals surface area contributed by atoms with Gasteiger partial charge in [0.2, 0.25) is 0 Å². The second-order valence-corrected chi connectivity index (χ2v) is 4.90. The molecule has 3 rings (SSSR count). The van der Waals surface area contributed by atoms with Crippen molar-refractivity contribution in [1.82, 2.24) is 15.0 Å². The number of nitrogens with zero attached hydrogens (tertiary/aromatic N) is 2. The highest BCUT2D eigenvalue weighted by Crippen LogP contribution is 2.23. The van der Waals surface area contributed by atoms with Crippen molar-refractivity contribution in [3.8, 4) is 0 Å². The first-order chi connectivity index (χ1) is 9.06. The number of nitrogens with two attached hydrogens (primary N) is 1. The highest BCUT2D eigenvalue weighted by molar-refractivity contribution is 6.00. The van der Waals surface area contributed by atoms with Crippen LogP contribution in [-0.2, 0) is 0 Å². The maximum Gasteiger partial charge on any atom is 0.280 e. The zero-order valence-electron chi connectivity index (χ0n) is 10.8. The van der Waals surface area contributed by atoms with Crippen molar-refractivity contribution in [2.75, 3.05) is 5.73 Å². The highest BCUT2D eigenvalue weighted by atomic mass is 16.1. The van der Waals surface area contributed by atoms with E-state index in [4.69, 9.17) is 5.73 Å². The average molecular weight is 254 g/mol. The molecule has 0 fully saturated rings. The molecule has 0 unspecified atom stereocenters. The van der Waals surface area contributed by atoms with Crippen LogP contribution in [0.25, 0.3) is 21.7 Å². The molecule has 19 heavy (non-hydrogen) atoms. The molecule has 0 spiro atoms. The van der Waals surface area contributed by atoms with Crippen LogP contribution in [0.15, 0.2) is 29.2 Å². The van der Waals surface area contributed by atoms with Gasteiger partial charge in [-0.15, -0.1) is 0 Å². The molecule has 0 atom stereocenters. The molecule has 0 radical (unpaired) electrons. The van der Waals surface area contributed by atoms with E-state index in [2.05, 4.69) is 15.0 Å². The van der Waals surface area contributed by atoms with E-state index in [1.54, 1.807) is 12.3 Å². The first-order valence-corrected chi connectivity index (χ1v) is 6.14. The van der Waals surface area contributed by atoms with Gasteiger partial charge in [0, 0.05) is 17.5 Å². The van der Waals surface area contributed by atoms with Crippen LogP contribution in [0.2, 0.25) is 0 Å². The number of aromatic nitrogens is 3. The summed E-state index contributed by atoms with van der Waals surface area (Å²) >= 11 is 0. The van der Waals surface area contributed by atoms with Crippen molar-refractivity contribution in [1.29, 1.82) is 0 Å². The summed E-state index contributed by atoms with van der Waals surface area (Å²) in [6.07, 6.45) is 1.66. The third-order valence-corrected chi connectivity index (χ3v) is 3.20. The third kappa shape index (κ3) is 1.83. The number of anilines is 1. The molecular weight excluding hydrogens is 240 g/mol. The average Bonchev–Trinajstić information content (AvgIpc) is 2.37. The number of pyridine rings is 1. The number of aromatic amines is 1. The third-order valence-electron chi connectivity index (χ3n) is 3.20. The van der Waals surface area contributed by atoms with Crippen LogP contribution < -0.4 is 11.3 Å². The van der Waals surface area contributed by atoms with Crippen LogP contribution in [0.3, 0.4) is 0 Å². The van der Waals surface area contributed by atoms with E-state index in [1.807, 2.05) is 26.0 Å². The van der Waals surface area contributed by atoms with Crippen LogP contribution in [0.1, 0.15) is 25.6 Å². The number of benzene rings is 1. The predicted molar refractivity (Wildman–Crippen MR) is 76.2 cm³/mol. The Hall–Kier alpha value is -2.43. The van der Waals surface area contributed by atoms with Crippen molar-refractivity contribution in [2.24, 2.45) is 0 Å². The summed E-state index contributed by atoms with van der Waals surface area (Å²) in [5.74, 6) is 1.29. The largest absolute Gasteiger partial charge is 0.383 e. The molecule has 0 saturated carbocycles. The lowest BCUT2D eigenvalue weighted by atomic mass is 10.1. The number of fused-ring (bicyclic) bond motifs is 2. The SMILES string of the molecule is CC(C)c1nc(=O)c2cc3c(N)nccc3cc2[nH]1. The molecule has 96 valence electrons. The van der Waals surface area contributed by atoms with Crippen molar-refractivity contribution in [3.05, 3.63) is 40.6 Å². The van der Waals surface area contributed by atoms with Crippen LogP contribution >= 0.6 is 0 Å². The molecule has 0 bridgehead atoms. The molecule has 1 aromatic carbocycles. The Morgan fingerprint density at radius 1 is 1.26 bits per heavy atom. The topological polar surface area (TPSA) is 84.7 Å². The van der Waals surface area contributed by atoms with E-state index in [-0.39, 0.29) is 11.5 Å². The number of hydrogen-bond acceptors (Lipinski definition) is 4. The molecule has 0 aliphatic heterocycles. The highest BCUT2D eigenvalue weighted by Gasteiger charge is 2.09. The van der Waals surface area contributed by atoms with Crippen LogP contribution in [-0.4, -0.2) is 15.0 Å². The number of rotatable bonds is 1. The minimum atomic E-state index is -0.234. The number of H-pyrrole nitrogens is 1. The maximum absolute atomic E-state index is 12.1. The van der Waals surface area contributed by atoms with E-state index >= 15 is 0 Å². The van der Waals surface area contributed by atoms with Gasteiger partial charge in [-0.25, -0.2) is 4.98 Å². The molecule has 3 aromatic rings. The Morgan fingerprint density at radius 3 is 2.79 bits per heavy atom. The van der Waals surface area contributed by atoms with E-state index in [0.717, 1.165) is 16.3 Å². The van der Waals surface area contributed by atoms with Gasteiger partial charge >= 0.3 is 0 Å². The molecule has 5 nitrogen and oxygen atoms in total. The van der Waals surface area contributed by atoms with Gasteiger partial charge in [0.25, 0.3) is 5.56 Å². The first kappa shape index (κ1) is 11.6. The summed E-state index contributed by atoms with van der Waals surface area (Å²) < 4.78 is 0. The van der Waals surface area contributed by atoms with Gasteiger partial charge in [-0.05, 0) is 23.6 Å². The van der Waals surface area contributed by atoms with Crippen LogP contribution in [0.4, 0.5) is 5.82 Å². The van der Waals surface area contributed by atoms with E-state index < -0.39 is 0 Å². The summed E-state index contributed by atoms with van der Waals surface area (Å²) in [5, 5.41) is 2.27. The zero-order chi connectivity index (χ0) is 13.6. The van der Waals surface area contributed by atoms with Gasteiger partial charge in [-0.2, -0.15) is 4.98 Å². The number of hydrogen-bond donors (Lipinski definition) is 2. The predicted octanol–water partition coefficient (Wildman–Crippen LogP) is 2.18. The van der Waals surface area contributed by atoms with Gasteiger partial charge in [0.05, 0.1) is 10.9 Å². The Kier molecular flexibility index (Phi) is 2.48. The summed E-state index contributed by atoms with van der Waals surface area (Å²) in [6.45, 7) is 3.99. The Balaban J connectivity index is 2.45. The molecule has 0 aliphatic carbocycles. The Morgan fingerprint density at radius 2 is 2.05 bits per heavy atom. The van der Waals surface area contributed by atoms with Gasteiger partial charge in [-0.1, -0.05) is 13.8 Å². The fourth-order valence-electron chi connectivity index (χ4n) is 2.13. The summed E-state index contributed by atoms with van der Waals surface area (Å²) in [4.78, 5) is 23.4. The molecule has 3 N–H and O–H groups in total. The molecule has 2 aromatic heterocycles.